The molecule has 3 N–H and O–H groups in total. The van der Waals surface area contributed by atoms with Gasteiger partial charge in [0.05, 0.1) is 23.1 Å². The molecule has 0 fully saturated rings. The van der Waals surface area contributed by atoms with Crippen molar-refractivity contribution in [3.05, 3.63) is 53.6 Å². The lowest BCUT2D eigenvalue weighted by molar-refractivity contribution is 0.0694. The number of hydrogen-bond donors (Lipinski definition) is 3. The van der Waals surface area contributed by atoms with Gasteiger partial charge in [0.25, 0.3) is 10.0 Å². The number of benzene rings is 2. The Labute approximate surface area is 132 Å². The first-order valence-electron chi connectivity index (χ1n) is 6.38. The smallest absolute Gasteiger partial charge is 0.339 e. The monoisotopic (exact) mass is 332 g/mol. The first-order chi connectivity index (χ1) is 10.8. The molecule has 0 spiro atoms. The lowest BCUT2D eigenvalue weighted by Crippen LogP contribution is -2.13. The van der Waals surface area contributed by atoms with Gasteiger partial charge in [-0.05, 0) is 29.8 Å². The van der Waals surface area contributed by atoms with Gasteiger partial charge >= 0.3 is 5.97 Å². The maximum absolute atomic E-state index is 12.3. The highest BCUT2D eigenvalue weighted by molar-refractivity contribution is 7.92. The lowest BCUT2D eigenvalue weighted by Gasteiger charge is -2.10. The summed E-state index contributed by atoms with van der Waals surface area (Å²) in [5.74, 6) is -1.86. The van der Waals surface area contributed by atoms with E-state index in [4.69, 9.17) is 10.4 Å². The Morgan fingerprint density at radius 2 is 1.96 bits per heavy atom. The summed E-state index contributed by atoms with van der Waals surface area (Å²) in [6.07, 6.45) is 0.0808. The molecule has 0 saturated carbocycles. The van der Waals surface area contributed by atoms with Crippen molar-refractivity contribution in [1.82, 2.24) is 0 Å². The molecule has 0 aliphatic carbocycles. The molecule has 0 atom stereocenters. The van der Waals surface area contributed by atoms with E-state index in [0.717, 1.165) is 12.1 Å². The fourth-order valence-corrected chi connectivity index (χ4v) is 3.02. The van der Waals surface area contributed by atoms with Gasteiger partial charge in [0.1, 0.15) is 11.3 Å². The zero-order chi connectivity index (χ0) is 17.0. The van der Waals surface area contributed by atoms with Gasteiger partial charge in [0.2, 0.25) is 0 Å². The number of anilines is 1. The highest BCUT2D eigenvalue weighted by Crippen LogP contribution is 2.24. The summed E-state index contributed by atoms with van der Waals surface area (Å²) in [5.41, 5.74) is 0.251. The van der Waals surface area contributed by atoms with Crippen LogP contribution in [0.2, 0.25) is 0 Å². The molecule has 0 heterocycles. The molecule has 7 nitrogen and oxygen atoms in total. The maximum atomic E-state index is 12.3. The van der Waals surface area contributed by atoms with E-state index in [1.165, 1.54) is 24.3 Å². The van der Waals surface area contributed by atoms with Crippen LogP contribution in [-0.4, -0.2) is 24.6 Å². The molecule has 0 unspecified atom stereocenters. The van der Waals surface area contributed by atoms with Gasteiger partial charge in [-0.3, -0.25) is 4.72 Å². The summed E-state index contributed by atoms with van der Waals surface area (Å²) in [6, 6.07) is 11.2. The quantitative estimate of drug-likeness (QED) is 0.768. The van der Waals surface area contributed by atoms with Gasteiger partial charge in [0.15, 0.2) is 0 Å². The summed E-state index contributed by atoms with van der Waals surface area (Å²) >= 11 is 0. The van der Waals surface area contributed by atoms with Gasteiger partial charge in [-0.1, -0.05) is 12.1 Å². The second-order valence-electron chi connectivity index (χ2n) is 4.62. The Morgan fingerprint density at radius 1 is 1.22 bits per heavy atom. The van der Waals surface area contributed by atoms with Crippen LogP contribution < -0.4 is 4.72 Å². The number of carbonyl (C=O) groups is 1. The summed E-state index contributed by atoms with van der Waals surface area (Å²) in [4.78, 5) is 10.8. The van der Waals surface area contributed by atoms with Gasteiger partial charge < -0.3 is 10.2 Å². The number of hydrogen-bond acceptors (Lipinski definition) is 5. The predicted octanol–water partition coefficient (Wildman–Crippen LogP) is 1.96. The molecule has 0 saturated heterocycles. The van der Waals surface area contributed by atoms with Crippen molar-refractivity contribution >= 4 is 21.7 Å². The van der Waals surface area contributed by atoms with Crippen molar-refractivity contribution in [2.45, 2.75) is 11.3 Å². The van der Waals surface area contributed by atoms with Crippen LogP contribution in [0, 0.1) is 11.3 Å². The molecule has 118 valence electrons. The van der Waals surface area contributed by atoms with Crippen LogP contribution in [0.5, 0.6) is 5.75 Å². The van der Waals surface area contributed by atoms with Gasteiger partial charge in [-0.15, -0.1) is 0 Å². The predicted molar refractivity (Wildman–Crippen MR) is 81.6 cm³/mol. The summed E-state index contributed by atoms with van der Waals surface area (Å²) in [7, 11) is -3.92. The van der Waals surface area contributed by atoms with E-state index < -0.39 is 21.7 Å². The fourth-order valence-electron chi connectivity index (χ4n) is 1.90. The maximum Gasteiger partial charge on any atom is 0.339 e. The van der Waals surface area contributed by atoms with Gasteiger partial charge in [-0.2, -0.15) is 5.26 Å². The summed E-state index contributed by atoms with van der Waals surface area (Å²) in [5, 5.41) is 27.1. The number of nitrogens with zero attached hydrogens (tertiary/aromatic N) is 1. The molecule has 2 aromatic rings. The first kappa shape index (κ1) is 16.3. The minimum Gasteiger partial charge on any atom is -0.507 e. The van der Waals surface area contributed by atoms with Crippen LogP contribution in [-0.2, 0) is 16.4 Å². The lowest BCUT2D eigenvalue weighted by atomic mass is 10.2. The van der Waals surface area contributed by atoms with Crippen LogP contribution in [0.25, 0.3) is 0 Å². The summed E-state index contributed by atoms with van der Waals surface area (Å²) in [6.45, 7) is 0. The molecule has 0 aliphatic rings. The van der Waals surface area contributed by atoms with E-state index >= 15 is 0 Å². The van der Waals surface area contributed by atoms with E-state index in [9.17, 15) is 18.3 Å². The van der Waals surface area contributed by atoms with E-state index in [-0.39, 0.29) is 22.6 Å². The molecular weight excluding hydrogens is 320 g/mol. The molecule has 8 heteroatoms. The molecule has 0 amide bonds. The topological polar surface area (TPSA) is 127 Å². The standard InChI is InChI=1S/C15H12N2O5S/c16-7-6-10-2-1-3-12(8-10)23(21,22)17-11-4-5-13(15(19)20)14(18)9-11/h1-5,8-9,17-18H,6H2,(H,19,20). The van der Waals surface area contributed by atoms with Crippen LogP contribution in [0.15, 0.2) is 47.4 Å². The van der Waals surface area contributed by atoms with Crippen molar-refractivity contribution in [3.8, 4) is 11.8 Å². The number of carboxylic acid groups (broad SMARTS) is 1. The van der Waals surface area contributed by atoms with E-state index in [0.29, 0.717) is 5.56 Å². The largest absolute Gasteiger partial charge is 0.507 e. The zero-order valence-electron chi connectivity index (χ0n) is 11.7. The number of nitriles is 1. The number of nitrogens with one attached hydrogen (secondary N) is 1. The fraction of sp³-hybridized carbons (Fsp3) is 0.0667. The second kappa shape index (κ2) is 6.37. The highest BCUT2D eigenvalue weighted by Gasteiger charge is 2.16. The van der Waals surface area contributed by atoms with Crippen LogP contribution in [0.1, 0.15) is 15.9 Å². The number of sulfonamides is 1. The Kier molecular flexibility index (Phi) is 4.52. The minimum absolute atomic E-state index is 0.0261. The van der Waals surface area contributed by atoms with Crippen LogP contribution >= 0.6 is 0 Å². The third-order valence-electron chi connectivity index (χ3n) is 2.97. The molecule has 23 heavy (non-hydrogen) atoms. The average molecular weight is 332 g/mol. The third-order valence-corrected chi connectivity index (χ3v) is 4.35. The highest BCUT2D eigenvalue weighted by atomic mass is 32.2. The van der Waals surface area contributed by atoms with Crippen molar-refractivity contribution in [2.24, 2.45) is 0 Å². The normalized spacial score (nSPS) is 10.7. The summed E-state index contributed by atoms with van der Waals surface area (Å²) < 4.78 is 26.8. The number of phenols is 1. The third kappa shape index (κ3) is 3.78. The number of aromatic carboxylic acids is 1. The average Bonchev–Trinajstić information content (AvgIpc) is 2.47. The van der Waals surface area contributed by atoms with E-state index in [1.54, 1.807) is 6.07 Å². The number of aromatic hydroxyl groups is 1. The Bertz CT molecular complexity index is 900. The van der Waals surface area contributed by atoms with Crippen molar-refractivity contribution in [1.29, 1.82) is 5.26 Å². The van der Waals surface area contributed by atoms with Gasteiger partial charge in [-0.25, -0.2) is 13.2 Å². The molecular formula is C15H12N2O5S. The van der Waals surface area contributed by atoms with E-state index in [1.807, 2.05) is 6.07 Å². The zero-order valence-corrected chi connectivity index (χ0v) is 12.5. The second-order valence-corrected chi connectivity index (χ2v) is 6.31. The number of rotatable bonds is 5. The molecule has 0 aromatic heterocycles. The van der Waals surface area contributed by atoms with Crippen LogP contribution in [0.3, 0.4) is 0 Å². The number of carboxylic acids is 1. The first-order valence-corrected chi connectivity index (χ1v) is 7.87. The molecule has 2 rings (SSSR count). The molecule has 0 aliphatic heterocycles. The SMILES string of the molecule is N#CCc1cccc(S(=O)(=O)Nc2ccc(C(=O)O)c(O)c2)c1. The molecule has 0 radical (unpaired) electrons. The minimum atomic E-state index is -3.92. The Morgan fingerprint density at radius 3 is 2.57 bits per heavy atom. The van der Waals surface area contributed by atoms with Crippen molar-refractivity contribution < 1.29 is 23.4 Å². The van der Waals surface area contributed by atoms with Crippen molar-refractivity contribution in [2.75, 3.05) is 4.72 Å². The molecule has 0 bridgehead atoms. The van der Waals surface area contributed by atoms with E-state index in [2.05, 4.69) is 4.72 Å². The van der Waals surface area contributed by atoms with Crippen LogP contribution in [0.4, 0.5) is 5.69 Å². The Hall–Kier alpha value is -3.05. The molecule has 2 aromatic carbocycles. The van der Waals surface area contributed by atoms with Gasteiger partial charge in [0, 0.05) is 6.07 Å². The Balaban J connectivity index is 2.32. The van der Waals surface area contributed by atoms with Crippen molar-refractivity contribution in [3.63, 3.8) is 0 Å².